The number of carbonyl (C=O) groups is 1. The van der Waals surface area contributed by atoms with Gasteiger partial charge in [0.05, 0.1) is 5.57 Å². The lowest BCUT2D eigenvalue weighted by molar-refractivity contribution is -0.144. The van der Waals surface area contributed by atoms with Gasteiger partial charge in [0.15, 0.2) is 6.04 Å². The van der Waals surface area contributed by atoms with Crippen LogP contribution in [0.4, 0.5) is 18.9 Å². The molecule has 1 saturated carbocycles. The lowest BCUT2D eigenvalue weighted by Crippen LogP contribution is -2.46. The van der Waals surface area contributed by atoms with E-state index < -0.39 is 23.7 Å². The molecule has 1 aliphatic carbocycles. The van der Waals surface area contributed by atoms with Crippen LogP contribution in [-0.2, 0) is 4.79 Å². The van der Waals surface area contributed by atoms with Gasteiger partial charge in [-0.2, -0.15) is 13.2 Å². The van der Waals surface area contributed by atoms with Crippen molar-refractivity contribution in [2.75, 3.05) is 5.32 Å². The molecule has 1 aromatic rings. The van der Waals surface area contributed by atoms with Crippen molar-refractivity contribution in [2.24, 2.45) is 4.99 Å². The van der Waals surface area contributed by atoms with Gasteiger partial charge in [-0.3, -0.25) is 4.79 Å². The first kappa shape index (κ1) is 19.5. The van der Waals surface area contributed by atoms with E-state index >= 15 is 0 Å². The molecule has 146 valence electrons. The highest BCUT2D eigenvalue weighted by Crippen LogP contribution is 2.30. The Labute approximate surface area is 160 Å². The number of benzene rings is 1. The number of nitrogens with one attached hydrogen (secondary N) is 3. The largest absolute Gasteiger partial charge is 0.415 e. The summed E-state index contributed by atoms with van der Waals surface area (Å²) in [5, 5.41) is 8.52. The first-order valence-corrected chi connectivity index (χ1v) is 9.15. The zero-order valence-electron chi connectivity index (χ0n) is 14.4. The Morgan fingerprint density at radius 2 is 1.96 bits per heavy atom. The van der Waals surface area contributed by atoms with Crippen molar-refractivity contribution >= 4 is 29.2 Å². The van der Waals surface area contributed by atoms with Gasteiger partial charge in [0, 0.05) is 23.0 Å². The van der Waals surface area contributed by atoms with Crippen LogP contribution in [0, 0.1) is 0 Å². The zero-order valence-corrected chi connectivity index (χ0v) is 15.2. The standard InChI is InChI=1S/C18H20ClF3N4O/c19-11-5-4-8-13(9-11)25-17-23-10-14(15(26-17)18(20,21)22)16(27)24-12-6-2-1-3-7-12/h4-5,8-10,12,15H,1-3,6-7H2,(H,24,27)(H2,23,25,26). The maximum atomic E-state index is 13.5. The van der Waals surface area contributed by atoms with E-state index in [2.05, 4.69) is 20.9 Å². The van der Waals surface area contributed by atoms with Crippen LogP contribution in [0.5, 0.6) is 0 Å². The summed E-state index contributed by atoms with van der Waals surface area (Å²) in [6, 6.07) is 4.19. The number of amides is 1. The number of aliphatic imine (C=N–C) groups is 1. The second kappa shape index (κ2) is 8.21. The summed E-state index contributed by atoms with van der Waals surface area (Å²) < 4.78 is 40.5. The molecule has 0 aromatic heterocycles. The topological polar surface area (TPSA) is 65.5 Å². The van der Waals surface area contributed by atoms with Crippen molar-refractivity contribution in [3.8, 4) is 0 Å². The Hall–Kier alpha value is -2.22. The van der Waals surface area contributed by atoms with Gasteiger partial charge >= 0.3 is 6.18 Å². The second-order valence-corrected chi connectivity index (χ2v) is 7.05. The molecule has 1 aromatic carbocycles. The van der Waals surface area contributed by atoms with E-state index in [-0.39, 0.29) is 12.0 Å². The van der Waals surface area contributed by atoms with E-state index in [1.165, 1.54) is 0 Å². The molecule has 0 bridgehead atoms. The quantitative estimate of drug-likeness (QED) is 0.719. The van der Waals surface area contributed by atoms with Gasteiger partial charge < -0.3 is 16.0 Å². The number of hydrogen-bond acceptors (Lipinski definition) is 4. The minimum absolute atomic E-state index is 0.0870. The van der Waals surface area contributed by atoms with Crippen molar-refractivity contribution in [1.82, 2.24) is 10.6 Å². The highest BCUT2D eigenvalue weighted by atomic mass is 35.5. The van der Waals surface area contributed by atoms with Gasteiger partial charge in [0.1, 0.15) is 0 Å². The smallest absolute Gasteiger partial charge is 0.349 e. The predicted molar refractivity (Wildman–Crippen MR) is 98.6 cm³/mol. The van der Waals surface area contributed by atoms with Crippen LogP contribution in [0.1, 0.15) is 32.1 Å². The van der Waals surface area contributed by atoms with E-state index in [9.17, 15) is 18.0 Å². The molecular weight excluding hydrogens is 381 g/mol. The molecule has 1 fully saturated rings. The molecule has 1 amide bonds. The van der Waals surface area contributed by atoms with Crippen LogP contribution in [0.15, 0.2) is 41.0 Å². The zero-order chi connectivity index (χ0) is 19.4. The molecule has 0 spiro atoms. The van der Waals surface area contributed by atoms with Crippen LogP contribution in [0.3, 0.4) is 0 Å². The second-order valence-electron chi connectivity index (χ2n) is 6.61. The van der Waals surface area contributed by atoms with Crippen LogP contribution in [0.2, 0.25) is 5.02 Å². The summed E-state index contributed by atoms with van der Waals surface area (Å²) in [4.78, 5) is 16.1. The monoisotopic (exact) mass is 400 g/mol. The van der Waals surface area contributed by atoms with E-state index in [0.717, 1.165) is 38.3 Å². The fourth-order valence-corrected chi connectivity index (χ4v) is 3.38. The number of halogens is 4. The highest BCUT2D eigenvalue weighted by Gasteiger charge is 2.46. The van der Waals surface area contributed by atoms with Crippen LogP contribution in [-0.4, -0.2) is 30.1 Å². The Kier molecular flexibility index (Phi) is 5.94. The highest BCUT2D eigenvalue weighted by molar-refractivity contribution is 6.30. The number of hydrogen-bond donors (Lipinski definition) is 3. The Balaban J connectivity index is 1.74. The summed E-state index contributed by atoms with van der Waals surface area (Å²) in [5.41, 5.74) is 0.0444. The maximum absolute atomic E-state index is 13.5. The van der Waals surface area contributed by atoms with Gasteiger partial charge in [-0.25, -0.2) is 4.99 Å². The van der Waals surface area contributed by atoms with Gasteiger partial charge in [-0.15, -0.1) is 0 Å². The van der Waals surface area contributed by atoms with E-state index in [4.69, 9.17) is 11.6 Å². The molecule has 1 unspecified atom stereocenters. The molecule has 5 nitrogen and oxygen atoms in total. The Bertz CT molecular complexity index is 757. The molecule has 3 N–H and O–H groups in total. The first-order chi connectivity index (χ1) is 12.8. The van der Waals surface area contributed by atoms with Crippen molar-refractivity contribution in [3.63, 3.8) is 0 Å². The summed E-state index contributed by atoms with van der Waals surface area (Å²) in [7, 11) is 0. The number of alkyl halides is 3. The molecule has 0 radical (unpaired) electrons. The molecule has 2 aliphatic rings. The average Bonchev–Trinajstić information content (AvgIpc) is 2.62. The summed E-state index contributed by atoms with van der Waals surface area (Å²) >= 11 is 5.88. The van der Waals surface area contributed by atoms with Crippen molar-refractivity contribution < 1.29 is 18.0 Å². The lowest BCUT2D eigenvalue weighted by atomic mass is 9.95. The van der Waals surface area contributed by atoms with Gasteiger partial charge in [-0.05, 0) is 31.0 Å². The molecular formula is C18H20ClF3N4O. The third-order valence-corrected chi connectivity index (χ3v) is 4.75. The van der Waals surface area contributed by atoms with Gasteiger partial charge in [0.2, 0.25) is 5.96 Å². The first-order valence-electron chi connectivity index (χ1n) is 8.77. The number of anilines is 1. The third kappa shape index (κ3) is 5.15. The minimum atomic E-state index is -4.68. The molecule has 0 saturated heterocycles. The maximum Gasteiger partial charge on any atom is 0.415 e. The number of guanidine groups is 1. The summed E-state index contributed by atoms with van der Waals surface area (Å²) in [5.74, 6) is -0.837. The van der Waals surface area contributed by atoms with Crippen LogP contribution >= 0.6 is 11.6 Å². The van der Waals surface area contributed by atoms with Crippen LogP contribution in [0.25, 0.3) is 0 Å². The molecule has 3 rings (SSSR count). The lowest BCUT2D eigenvalue weighted by Gasteiger charge is -2.28. The molecule has 1 aliphatic heterocycles. The minimum Gasteiger partial charge on any atom is -0.349 e. The number of nitrogens with zero attached hydrogens (tertiary/aromatic N) is 1. The van der Waals surface area contributed by atoms with E-state index in [0.29, 0.717) is 10.7 Å². The summed E-state index contributed by atoms with van der Waals surface area (Å²) in [6.45, 7) is 0. The normalized spacial score (nSPS) is 21.0. The molecule has 1 atom stereocenters. The average molecular weight is 401 g/mol. The van der Waals surface area contributed by atoms with E-state index in [1.54, 1.807) is 24.3 Å². The number of carbonyl (C=O) groups excluding carboxylic acids is 1. The Morgan fingerprint density at radius 1 is 1.22 bits per heavy atom. The molecule has 1 heterocycles. The SMILES string of the molecule is O=C(NC1CCCCC1)C1=CNC(Nc2cccc(Cl)c2)=NC1C(F)(F)F. The third-order valence-electron chi connectivity index (χ3n) is 4.52. The predicted octanol–water partition coefficient (Wildman–Crippen LogP) is 3.97. The van der Waals surface area contributed by atoms with Gasteiger partial charge in [-0.1, -0.05) is 36.9 Å². The molecule has 9 heteroatoms. The number of rotatable bonds is 3. The Morgan fingerprint density at radius 3 is 2.63 bits per heavy atom. The molecule has 27 heavy (non-hydrogen) atoms. The van der Waals surface area contributed by atoms with Crippen molar-refractivity contribution in [2.45, 2.75) is 50.4 Å². The van der Waals surface area contributed by atoms with Crippen molar-refractivity contribution in [3.05, 3.63) is 41.1 Å². The summed E-state index contributed by atoms with van der Waals surface area (Å²) in [6.07, 6.45) is 0.982. The van der Waals surface area contributed by atoms with E-state index in [1.807, 2.05) is 0 Å². The van der Waals surface area contributed by atoms with Crippen molar-refractivity contribution in [1.29, 1.82) is 0 Å². The fraction of sp³-hybridized carbons (Fsp3) is 0.444. The van der Waals surface area contributed by atoms with Crippen LogP contribution < -0.4 is 16.0 Å². The van der Waals surface area contributed by atoms with Gasteiger partial charge in [0.25, 0.3) is 5.91 Å². The fourth-order valence-electron chi connectivity index (χ4n) is 3.19.